The highest BCUT2D eigenvalue weighted by molar-refractivity contribution is 5.89. The summed E-state index contributed by atoms with van der Waals surface area (Å²) in [6.45, 7) is 3.06. The maximum absolute atomic E-state index is 12.6. The molecule has 0 radical (unpaired) electrons. The van der Waals surface area contributed by atoms with E-state index >= 15 is 0 Å². The van der Waals surface area contributed by atoms with Gasteiger partial charge in [-0.2, -0.15) is 0 Å². The van der Waals surface area contributed by atoms with Crippen LogP contribution in [0.4, 0.5) is 5.69 Å². The molecule has 1 aliphatic rings. The van der Waals surface area contributed by atoms with Crippen LogP contribution in [0.1, 0.15) is 22.8 Å². The lowest BCUT2D eigenvalue weighted by Crippen LogP contribution is -2.36. The molecule has 2 aromatic rings. The quantitative estimate of drug-likeness (QED) is 0.637. The Morgan fingerprint density at radius 3 is 2.57 bits per heavy atom. The Balaban J connectivity index is 1.62. The normalized spacial score (nSPS) is 15.4. The van der Waals surface area contributed by atoms with Crippen molar-refractivity contribution in [3.05, 3.63) is 59.2 Å². The Morgan fingerprint density at radius 1 is 1.20 bits per heavy atom. The van der Waals surface area contributed by atoms with Crippen LogP contribution in [-0.4, -0.2) is 64.2 Å². The van der Waals surface area contributed by atoms with Gasteiger partial charge in [-0.3, -0.25) is 9.79 Å². The second kappa shape index (κ2) is 10.9. The number of hydrogen-bond donors (Lipinski definition) is 1. The summed E-state index contributed by atoms with van der Waals surface area (Å²) in [5, 5.41) is 9.42. The van der Waals surface area contributed by atoms with Gasteiger partial charge in [0.15, 0.2) is 5.78 Å². The summed E-state index contributed by atoms with van der Waals surface area (Å²) in [5.74, 6) is 0.495. The summed E-state index contributed by atoms with van der Waals surface area (Å²) in [4.78, 5) is 19.2. The molecule has 0 amide bonds. The Kier molecular flexibility index (Phi) is 7.96. The van der Waals surface area contributed by atoms with E-state index in [-0.39, 0.29) is 18.9 Å². The zero-order chi connectivity index (χ0) is 21.3. The van der Waals surface area contributed by atoms with Gasteiger partial charge in [0.05, 0.1) is 26.9 Å². The molecule has 1 aliphatic heterocycles. The number of nitrogens with zero attached hydrogens (tertiary/aromatic N) is 2. The van der Waals surface area contributed by atoms with Crippen LogP contribution in [0.2, 0.25) is 0 Å². The highest BCUT2D eigenvalue weighted by Gasteiger charge is 2.20. The van der Waals surface area contributed by atoms with E-state index in [0.29, 0.717) is 11.3 Å². The molecule has 2 aromatic carbocycles. The monoisotopic (exact) mass is 412 g/mol. The largest absolute Gasteiger partial charge is 0.496 e. The van der Waals surface area contributed by atoms with Crippen molar-refractivity contribution in [1.29, 1.82) is 0 Å². The van der Waals surface area contributed by atoms with E-state index in [1.54, 1.807) is 25.5 Å². The molecule has 0 spiro atoms. The number of anilines is 1. The lowest BCUT2D eigenvalue weighted by molar-refractivity contribution is -0.127. The van der Waals surface area contributed by atoms with E-state index in [4.69, 9.17) is 14.2 Å². The maximum atomic E-state index is 12.6. The summed E-state index contributed by atoms with van der Waals surface area (Å²) in [7, 11) is 3.08. The standard InChI is InChI=1S/C23H28N2O5/c1-28-22-8-3-17(13-19(22)16-26)14-24-15-21(27)23(29-2)18-4-6-20(7-5-18)25-9-11-30-12-10-25/h3-8,13-14,23,26H,9-12,15-16H2,1-2H3. The zero-order valence-electron chi connectivity index (χ0n) is 17.4. The SMILES string of the molecule is COc1ccc(C=NCC(=O)C(OC)c2ccc(N3CCOCC3)cc2)cc1CO. The molecule has 3 rings (SSSR count). The summed E-state index contributed by atoms with van der Waals surface area (Å²) in [5.41, 5.74) is 3.38. The Morgan fingerprint density at radius 2 is 1.93 bits per heavy atom. The van der Waals surface area contributed by atoms with Crippen molar-refractivity contribution in [2.24, 2.45) is 4.99 Å². The predicted molar refractivity (Wildman–Crippen MR) is 116 cm³/mol. The molecule has 1 heterocycles. The molecule has 1 N–H and O–H groups in total. The Bertz CT molecular complexity index is 860. The number of ketones is 1. The van der Waals surface area contributed by atoms with Gasteiger partial charge in [-0.25, -0.2) is 0 Å². The fraction of sp³-hybridized carbons (Fsp3) is 0.391. The topological polar surface area (TPSA) is 80.6 Å². The van der Waals surface area contributed by atoms with Crippen LogP contribution in [0.3, 0.4) is 0 Å². The number of hydrogen-bond acceptors (Lipinski definition) is 7. The number of rotatable bonds is 9. The third kappa shape index (κ3) is 5.44. The summed E-state index contributed by atoms with van der Waals surface area (Å²) in [6.07, 6.45) is 0.954. The lowest BCUT2D eigenvalue weighted by Gasteiger charge is -2.29. The lowest BCUT2D eigenvalue weighted by atomic mass is 10.0. The third-order valence-corrected chi connectivity index (χ3v) is 5.06. The summed E-state index contributed by atoms with van der Waals surface area (Å²) >= 11 is 0. The Labute approximate surface area is 176 Å². The number of aliphatic hydroxyl groups excluding tert-OH is 1. The van der Waals surface area contributed by atoms with E-state index in [9.17, 15) is 9.90 Å². The molecule has 0 aromatic heterocycles. The van der Waals surface area contributed by atoms with Gasteiger partial charge in [-0.05, 0) is 41.5 Å². The third-order valence-electron chi connectivity index (χ3n) is 5.06. The first-order valence-corrected chi connectivity index (χ1v) is 9.92. The van der Waals surface area contributed by atoms with Crippen LogP contribution in [0.25, 0.3) is 0 Å². The van der Waals surface area contributed by atoms with Gasteiger partial charge in [0, 0.05) is 37.7 Å². The number of methoxy groups -OCH3 is 2. The number of morpholine rings is 1. The van der Waals surface area contributed by atoms with Crippen LogP contribution in [0, 0.1) is 0 Å². The van der Waals surface area contributed by atoms with E-state index in [1.165, 1.54) is 7.11 Å². The molecule has 0 saturated carbocycles. The fourth-order valence-electron chi connectivity index (χ4n) is 3.46. The maximum Gasteiger partial charge on any atom is 0.187 e. The fourth-order valence-corrected chi connectivity index (χ4v) is 3.46. The first kappa shape index (κ1) is 22.0. The zero-order valence-corrected chi connectivity index (χ0v) is 17.4. The van der Waals surface area contributed by atoms with E-state index in [2.05, 4.69) is 9.89 Å². The minimum atomic E-state index is -0.662. The van der Waals surface area contributed by atoms with Crippen LogP contribution < -0.4 is 9.64 Å². The van der Waals surface area contributed by atoms with Crippen molar-refractivity contribution in [2.75, 3.05) is 52.0 Å². The smallest absolute Gasteiger partial charge is 0.187 e. The molecular weight excluding hydrogens is 384 g/mol. The number of benzene rings is 2. The van der Waals surface area contributed by atoms with Crippen LogP contribution in [-0.2, 0) is 20.9 Å². The molecule has 0 bridgehead atoms. The van der Waals surface area contributed by atoms with Crippen LogP contribution >= 0.6 is 0 Å². The average molecular weight is 412 g/mol. The molecule has 1 saturated heterocycles. The van der Waals surface area contributed by atoms with Crippen molar-refractivity contribution in [3.8, 4) is 5.75 Å². The van der Waals surface area contributed by atoms with Crippen LogP contribution in [0.5, 0.6) is 5.75 Å². The second-order valence-electron chi connectivity index (χ2n) is 6.97. The Hall–Kier alpha value is -2.74. The summed E-state index contributed by atoms with van der Waals surface area (Å²) in [6, 6.07) is 13.3. The number of Topliss-reactive ketones (excluding diaryl/α,β-unsaturated/α-hetero) is 1. The van der Waals surface area contributed by atoms with Gasteiger partial charge in [-0.1, -0.05) is 12.1 Å². The molecule has 30 heavy (non-hydrogen) atoms. The molecule has 1 unspecified atom stereocenters. The van der Waals surface area contributed by atoms with Crippen molar-refractivity contribution in [3.63, 3.8) is 0 Å². The van der Waals surface area contributed by atoms with Gasteiger partial charge < -0.3 is 24.2 Å². The highest BCUT2D eigenvalue weighted by atomic mass is 16.5. The molecule has 1 atom stereocenters. The second-order valence-corrected chi connectivity index (χ2v) is 6.97. The van der Waals surface area contributed by atoms with Gasteiger partial charge in [0.25, 0.3) is 0 Å². The number of carbonyl (C=O) groups excluding carboxylic acids is 1. The predicted octanol–water partition coefficient (Wildman–Crippen LogP) is 2.40. The van der Waals surface area contributed by atoms with E-state index in [0.717, 1.165) is 43.1 Å². The van der Waals surface area contributed by atoms with Gasteiger partial charge in [0.1, 0.15) is 18.4 Å². The highest BCUT2D eigenvalue weighted by Crippen LogP contribution is 2.23. The summed E-state index contributed by atoms with van der Waals surface area (Å²) < 4.78 is 16.0. The minimum Gasteiger partial charge on any atom is -0.496 e. The number of aliphatic imine (C=N–C) groups is 1. The number of aliphatic hydroxyl groups is 1. The molecule has 1 fully saturated rings. The number of carbonyl (C=O) groups is 1. The van der Waals surface area contributed by atoms with Crippen molar-refractivity contribution >= 4 is 17.7 Å². The molecule has 7 heteroatoms. The number of ether oxygens (including phenoxy) is 3. The first-order chi connectivity index (χ1) is 14.7. The van der Waals surface area contributed by atoms with Gasteiger partial charge in [0.2, 0.25) is 0 Å². The molecule has 0 aliphatic carbocycles. The molecular formula is C23H28N2O5. The molecule has 7 nitrogen and oxygen atoms in total. The minimum absolute atomic E-state index is 0.00418. The molecule has 160 valence electrons. The van der Waals surface area contributed by atoms with Crippen molar-refractivity contribution in [2.45, 2.75) is 12.7 Å². The van der Waals surface area contributed by atoms with Crippen molar-refractivity contribution in [1.82, 2.24) is 0 Å². The van der Waals surface area contributed by atoms with E-state index < -0.39 is 6.10 Å². The van der Waals surface area contributed by atoms with Gasteiger partial charge >= 0.3 is 0 Å². The van der Waals surface area contributed by atoms with Crippen LogP contribution in [0.15, 0.2) is 47.5 Å². The first-order valence-electron chi connectivity index (χ1n) is 9.92. The van der Waals surface area contributed by atoms with E-state index in [1.807, 2.05) is 30.3 Å². The average Bonchev–Trinajstić information content (AvgIpc) is 2.80. The van der Waals surface area contributed by atoms with Crippen molar-refractivity contribution < 1.29 is 24.1 Å². The van der Waals surface area contributed by atoms with Gasteiger partial charge in [-0.15, -0.1) is 0 Å².